The van der Waals surface area contributed by atoms with Crippen LogP contribution in [0.25, 0.3) is 5.69 Å². The molecule has 7 nitrogen and oxygen atoms in total. The van der Waals surface area contributed by atoms with Crippen molar-refractivity contribution in [3.05, 3.63) is 77.4 Å². The molecule has 0 amide bonds. The number of hydrogen-bond acceptors (Lipinski definition) is 5. The van der Waals surface area contributed by atoms with Crippen LogP contribution >= 0.6 is 0 Å². The molecule has 37 heavy (non-hydrogen) atoms. The topological polar surface area (TPSA) is 81.5 Å². The van der Waals surface area contributed by atoms with Gasteiger partial charge in [0, 0.05) is 18.8 Å². The minimum absolute atomic E-state index is 0.0901. The Labute approximate surface area is 210 Å². The Balaban J connectivity index is 1.48. The van der Waals surface area contributed by atoms with Crippen LogP contribution in [0.15, 0.2) is 59.6 Å². The van der Waals surface area contributed by atoms with Crippen LogP contribution in [0.1, 0.15) is 23.2 Å². The zero-order chi connectivity index (χ0) is 26.6. The zero-order valence-corrected chi connectivity index (χ0v) is 20.5. The van der Waals surface area contributed by atoms with E-state index >= 15 is 0 Å². The number of carbonyl (C=O) groups is 1. The molecule has 2 unspecified atom stereocenters. The van der Waals surface area contributed by atoms with Crippen molar-refractivity contribution in [2.75, 3.05) is 20.2 Å². The molecule has 2 heterocycles. The molecule has 12 heteroatoms. The lowest BCUT2D eigenvalue weighted by Gasteiger charge is -2.48. The van der Waals surface area contributed by atoms with Crippen molar-refractivity contribution in [3.63, 3.8) is 0 Å². The van der Waals surface area contributed by atoms with E-state index in [1.165, 1.54) is 19.2 Å². The number of benzene rings is 2. The maximum atomic E-state index is 13.4. The third-order valence-electron chi connectivity index (χ3n) is 7.35. The fourth-order valence-electron chi connectivity index (χ4n) is 5.42. The highest BCUT2D eigenvalue weighted by Crippen LogP contribution is 2.47. The van der Waals surface area contributed by atoms with Crippen molar-refractivity contribution in [2.24, 2.45) is 11.3 Å². The summed E-state index contributed by atoms with van der Waals surface area (Å²) in [6.45, 7) is -0.0817. The lowest BCUT2D eigenvalue weighted by molar-refractivity contribution is -0.160. The SMILES string of the molecule is COC(=O)C12Cc3cnn(-c4ccc(F)cc4)c3CC1CCN(S(=O)(=O)c1ccc(C(F)(F)F)cc1)C2. The van der Waals surface area contributed by atoms with Crippen LogP contribution in [0.3, 0.4) is 0 Å². The highest BCUT2D eigenvalue weighted by molar-refractivity contribution is 7.89. The summed E-state index contributed by atoms with van der Waals surface area (Å²) >= 11 is 0. The van der Waals surface area contributed by atoms with Gasteiger partial charge in [-0.3, -0.25) is 4.79 Å². The van der Waals surface area contributed by atoms with E-state index in [0.29, 0.717) is 18.5 Å². The Bertz CT molecular complexity index is 1440. The molecule has 5 rings (SSSR count). The standard InChI is InChI=1S/C25H23F4N3O4S/c1-36-23(33)24-13-16-14-30-32(20-6-4-19(26)5-7-20)22(16)12-18(24)10-11-31(15-24)37(34,35)21-8-2-17(3-9-21)25(27,28)29/h2-9,14,18H,10-13,15H2,1H3. The molecule has 1 aliphatic carbocycles. The predicted octanol–water partition coefficient (Wildman–Crippen LogP) is 4.00. The fourth-order valence-corrected chi connectivity index (χ4v) is 6.95. The van der Waals surface area contributed by atoms with E-state index in [1.807, 2.05) is 0 Å². The van der Waals surface area contributed by atoms with Crippen LogP contribution < -0.4 is 0 Å². The molecule has 1 saturated heterocycles. The van der Waals surface area contributed by atoms with Crippen molar-refractivity contribution in [1.82, 2.24) is 14.1 Å². The quantitative estimate of drug-likeness (QED) is 0.371. The Morgan fingerprint density at radius 3 is 2.41 bits per heavy atom. The Morgan fingerprint density at radius 2 is 1.78 bits per heavy atom. The number of esters is 1. The summed E-state index contributed by atoms with van der Waals surface area (Å²) < 4.78 is 87.0. The molecule has 0 N–H and O–H groups in total. The maximum absolute atomic E-state index is 13.4. The van der Waals surface area contributed by atoms with Crippen molar-refractivity contribution in [3.8, 4) is 5.69 Å². The van der Waals surface area contributed by atoms with E-state index < -0.39 is 33.1 Å². The first-order valence-corrected chi connectivity index (χ1v) is 13.0. The van der Waals surface area contributed by atoms with Gasteiger partial charge in [-0.25, -0.2) is 17.5 Å². The Kier molecular flexibility index (Phi) is 6.14. The van der Waals surface area contributed by atoms with Gasteiger partial charge in [0.1, 0.15) is 5.82 Å². The van der Waals surface area contributed by atoms with Gasteiger partial charge >= 0.3 is 12.1 Å². The van der Waals surface area contributed by atoms with E-state index in [1.54, 1.807) is 23.0 Å². The molecule has 0 saturated carbocycles. The van der Waals surface area contributed by atoms with Gasteiger partial charge in [0.15, 0.2) is 0 Å². The average Bonchev–Trinajstić information content (AvgIpc) is 3.28. The number of nitrogens with zero attached hydrogens (tertiary/aromatic N) is 3. The molecular weight excluding hydrogens is 514 g/mol. The summed E-state index contributed by atoms with van der Waals surface area (Å²) in [5, 5.41) is 4.43. The van der Waals surface area contributed by atoms with Crippen LogP contribution in [0.2, 0.25) is 0 Å². The smallest absolute Gasteiger partial charge is 0.416 e. The number of rotatable bonds is 4. The number of fused-ring (bicyclic) bond motifs is 2. The molecule has 0 radical (unpaired) electrons. The lowest BCUT2D eigenvalue weighted by Crippen LogP contribution is -2.58. The highest BCUT2D eigenvalue weighted by Gasteiger charge is 2.55. The second-order valence-corrected chi connectivity index (χ2v) is 11.3. The number of piperidine rings is 1. The van der Waals surface area contributed by atoms with Gasteiger partial charge < -0.3 is 4.74 Å². The monoisotopic (exact) mass is 537 g/mol. The first-order valence-electron chi connectivity index (χ1n) is 11.5. The second-order valence-electron chi connectivity index (χ2n) is 9.38. The van der Waals surface area contributed by atoms with Crippen LogP contribution in [0, 0.1) is 17.2 Å². The van der Waals surface area contributed by atoms with Crippen molar-refractivity contribution in [2.45, 2.75) is 30.3 Å². The predicted molar refractivity (Wildman–Crippen MR) is 124 cm³/mol. The number of carbonyl (C=O) groups excluding carboxylic acids is 1. The van der Waals surface area contributed by atoms with Gasteiger partial charge in [0.25, 0.3) is 0 Å². The van der Waals surface area contributed by atoms with E-state index in [-0.39, 0.29) is 36.1 Å². The highest BCUT2D eigenvalue weighted by atomic mass is 32.2. The third-order valence-corrected chi connectivity index (χ3v) is 9.21. The van der Waals surface area contributed by atoms with Crippen molar-refractivity contribution < 1.29 is 35.5 Å². The van der Waals surface area contributed by atoms with E-state index in [2.05, 4.69) is 5.10 Å². The summed E-state index contributed by atoms with van der Waals surface area (Å²) in [5.74, 6) is -1.19. The molecule has 0 bridgehead atoms. The van der Waals surface area contributed by atoms with Crippen LogP contribution in [0.5, 0.6) is 0 Å². The molecule has 0 spiro atoms. The zero-order valence-electron chi connectivity index (χ0n) is 19.7. The van der Waals surface area contributed by atoms with Crippen molar-refractivity contribution >= 4 is 16.0 Å². The number of ether oxygens (including phenoxy) is 1. The molecule has 1 fully saturated rings. The third kappa shape index (κ3) is 4.31. The molecular formula is C25H23F4N3O4S. The summed E-state index contributed by atoms with van der Waals surface area (Å²) in [7, 11) is -2.93. The molecule has 2 atom stereocenters. The number of methoxy groups -OCH3 is 1. The van der Waals surface area contributed by atoms with Gasteiger partial charge in [0.05, 0.1) is 34.9 Å². The number of hydrogen-bond donors (Lipinski definition) is 0. The Morgan fingerprint density at radius 1 is 1.11 bits per heavy atom. The molecule has 2 aromatic carbocycles. The summed E-state index contributed by atoms with van der Waals surface area (Å²) in [6, 6.07) is 9.18. The first-order chi connectivity index (χ1) is 17.5. The second kappa shape index (κ2) is 8.95. The molecule has 196 valence electrons. The molecule has 1 aliphatic heterocycles. The molecule has 2 aliphatic rings. The lowest BCUT2D eigenvalue weighted by atomic mass is 9.63. The summed E-state index contributed by atoms with van der Waals surface area (Å²) in [4.78, 5) is 12.9. The maximum Gasteiger partial charge on any atom is 0.416 e. The van der Waals surface area contributed by atoms with Crippen molar-refractivity contribution in [1.29, 1.82) is 0 Å². The normalized spacial score (nSPS) is 22.2. The van der Waals surface area contributed by atoms with E-state index in [9.17, 15) is 30.8 Å². The fraction of sp³-hybridized carbons (Fsp3) is 0.360. The summed E-state index contributed by atoms with van der Waals surface area (Å²) in [6.07, 6.45) is -2.03. The number of alkyl halides is 3. The van der Waals surface area contributed by atoms with Crippen LogP contribution in [-0.2, 0) is 38.6 Å². The summed E-state index contributed by atoms with van der Waals surface area (Å²) in [5.41, 5.74) is 0.134. The molecule has 3 aromatic rings. The van der Waals surface area contributed by atoms with E-state index in [4.69, 9.17) is 4.74 Å². The largest absolute Gasteiger partial charge is 0.469 e. The average molecular weight is 538 g/mol. The van der Waals surface area contributed by atoms with Gasteiger partial charge in [-0.2, -0.15) is 22.6 Å². The Hall–Kier alpha value is -3.25. The first kappa shape index (κ1) is 25.4. The number of sulfonamides is 1. The van der Waals surface area contributed by atoms with Crippen LogP contribution in [0.4, 0.5) is 17.6 Å². The van der Waals surface area contributed by atoms with Gasteiger partial charge in [0.2, 0.25) is 10.0 Å². The van der Waals surface area contributed by atoms with E-state index in [0.717, 1.165) is 39.8 Å². The minimum Gasteiger partial charge on any atom is -0.469 e. The van der Waals surface area contributed by atoms with Gasteiger partial charge in [-0.1, -0.05) is 0 Å². The molecule has 1 aromatic heterocycles. The van der Waals surface area contributed by atoms with Gasteiger partial charge in [-0.05, 0) is 79.3 Å². The van der Waals surface area contributed by atoms with Crippen LogP contribution in [-0.4, -0.2) is 48.7 Å². The number of aromatic nitrogens is 2. The number of halogens is 4. The van der Waals surface area contributed by atoms with Gasteiger partial charge in [-0.15, -0.1) is 0 Å². The minimum atomic E-state index is -4.59.